The molecule has 0 unspecified atom stereocenters. The minimum atomic E-state index is 0.0925. The molecule has 0 bridgehead atoms. The fraction of sp³-hybridized carbons (Fsp3) is 0.533. The van der Waals surface area contributed by atoms with Crippen LogP contribution in [0, 0.1) is 6.92 Å². The number of likely N-dealkylation sites (tertiary alicyclic amines) is 1. The van der Waals surface area contributed by atoms with Crippen LogP contribution in [0.25, 0.3) is 0 Å². The van der Waals surface area contributed by atoms with Gasteiger partial charge >= 0.3 is 0 Å². The standard InChI is InChI=1S/C15H23N3O/c1-12-7-8-13(14(11-12)17-16)15(19)18-9-5-3-2-4-6-10-18/h7-8,11,17H,2-6,9-10,16H2,1H3. The van der Waals surface area contributed by atoms with E-state index in [4.69, 9.17) is 5.84 Å². The first-order valence-corrected chi connectivity index (χ1v) is 7.09. The molecule has 0 spiro atoms. The predicted octanol–water partition coefficient (Wildman–Crippen LogP) is 2.69. The molecule has 1 heterocycles. The van der Waals surface area contributed by atoms with Gasteiger partial charge in [0.25, 0.3) is 5.91 Å². The van der Waals surface area contributed by atoms with Crippen LogP contribution in [-0.4, -0.2) is 23.9 Å². The van der Waals surface area contributed by atoms with Crippen molar-refractivity contribution in [3.8, 4) is 0 Å². The van der Waals surface area contributed by atoms with Gasteiger partial charge in [-0.3, -0.25) is 10.6 Å². The van der Waals surface area contributed by atoms with Crippen LogP contribution < -0.4 is 11.3 Å². The molecule has 1 aliphatic rings. The number of hydrogen-bond acceptors (Lipinski definition) is 3. The van der Waals surface area contributed by atoms with Crippen molar-refractivity contribution >= 4 is 11.6 Å². The summed E-state index contributed by atoms with van der Waals surface area (Å²) in [5.41, 5.74) is 5.12. The summed E-state index contributed by atoms with van der Waals surface area (Å²) in [5, 5.41) is 0. The van der Waals surface area contributed by atoms with Crippen LogP contribution in [0.1, 0.15) is 48.0 Å². The lowest BCUT2D eigenvalue weighted by molar-refractivity contribution is 0.0743. The van der Waals surface area contributed by atoms with Crippen LogP contribution >= 0.6 is 0 Å². The molecule has 1 fully saturated rings. The Balaban J connectivity index is 2.17. The molecule has 1 aromatic carbocycles. The molecule has 0 aromatic heterocycles. The Bertz CT molecular complexity index is 437. The SMILES string of the molecule is Cc1ccc(C(=O)N2CCCCCCC2)c(NN)c1. The summed E-state index contributed by atoms with van der Waals surface area (Å²) in [7, 11) is 0. The highest BCUT2D eigenvalue weighted by molar-refractivity contribution is 5.99. The van der Waals surface area contributed by atoms with Crippen LogP contribution in [0.3, 0.4) is 0 Å². The quantitative estimate of drug-likeness (QED) is 0.635. The van der Waals surface area contributed by atoms with Gasteiger partial charge in [-0.25, -0.2) is 0 Å². The number of hydrazine groups is 1. The van der Waals surface area contributed by atoms with Crippen LogP contribution in [0.15, 0.2) is 18.2 Å². The van der Waals surface area contributed by atoms with Crippen molar-refractivity contribution < 1.29 is 4.79 Å². The van der Waals surface area contributed by atoms with Gasteiger partial charge < -0.3 is 10.3 Å². The topological polar surface area (TPSA) is 58.4 Å². The number of hydrogen-bond donors (Lipinski definition) is 2. The average molecular weight is 261 g/mol. The normalized spacial score (nSPS) is 16.6. The highest BCUT2D eigenvalue weighted by atomic mass is 16.2. The van der Waals surface area contributed by atoms with E-state index in [-0.39, 0.29) is 5.91 Å². The second kappa shape index (κ2) is 6.57. The van der Waals surface area contributed by atoms with Gasteiger partial charge in [0.05, 0.1) is 11.3 Å². The third kappa shape index (κ3) is 3.47. The highest BCUT2D eigenvalue weighted by Gasteiger charge is 2.19. The van der Waals surface area contributed by atoms with E-state index in [1.165, 1.54) is 19.3 Å². The molecule has 2 rings (SSSR count). The smallest absolute Gasteiger partial charge is 0.256 e. The maximum Gasteiger partial charge on any atom is 0.256 e. The number of nitrogen functional groups attached to an aromatic ring is 1. The number of rotatable bonds is 2. The molecule has 1 aliphatic heterocycles. The number of carbonyl (C=O) groups is 1. The number of nitrogens with zero attached hydrogens (tertiary/aromatic N) is 1. The molecule has 1 aromatic rings. The van der Waals surface area contributed by atoms with E-state index in [0.717, 1.165) is 31.5 Å². The van der Waals surface area contributed by atoms with E-state index in [9.17, 15) is 4.79 Å². The van der Waals surface area contributed by atoms with Crippen molar-refractivity contribution in [2.75, 3.05) is 18.5 Å². The van der Waals surface area contributed by atoms with Crippen LogP contribution in [0.4, 0.5) is 5.69 Å². The number of aryl methyl sites for hydroxylation is 1. The van der Waals surface area contributed by atoms with E-state index >= 15 is 0 Å². The Kier molecular flexibility index (Phi) is 4.80. The number of carbonyl (C=O) groups excluding carboxylic acids is 1. The Labute approximate surface area is 114 Å². The number of nitrogens with two attached hydrogens (primary N) is 1. The van der Waals surface area contributed by atoms with Gasteiger partial charge in [0.15, 0.2) is 0 Å². The van der Waals surface area contributed by atoms with E-state index in [1.807, 2.05) is 30.0 Å². The number of amides is 1. The maximum absolute atomic E-state index is 12.6. The van der Waals surface area contributed by atoms with Crippen molar-refractivity contribution in [1.82, 2.24) is 4.90 Å². The van der Waals surface area contributed by atoms with Crippen molar-refractivity contribution in [2.24, 2.45) is 5.84 Å². The van der Waals surface area contributed by atoms with Crippen molar-refractivity contribution in [3.63, 3.8) is 0 Å². The van der Waals surface area contributed by atoms with Crippen molar-refractivity contribution in [1.29, 1.82) is 0 Å². The zero-order valence-corrected chi connectivity index (χ0v) is 11.6. The van der Waals surface area contributed by atoms with Crippen molar-refractivity contribution in [2.45, 2.75) is 39.0 Å². The molecular formula is C15H23N3O. The molecule has 4 heteroatoms. The number of anilines is 1. The highest BCUT2D eigenvalue weighted by Crippen LogP contribution is 2.20. The van der Waals surface area contributed by atoms with Crippen LogP contribution in [-0.2, 0) is 0 Å². The van der Waals surface area contributed by atoms with Gasteiger partial charge in [-0.2, -0.15) is 0 Å². The van der Waals surface area contributed by atoms with E-state index in [2.05, 4.69) is 5.43 Å². The zero-order valence-electron chi connectivity index (χ0n) is 11.6. The molecule has 19 heavy (non-hydrogen) atoms. The first-order valence-electron chi connectivity index (χ1n) is 7.09. The average Bonchev–Trinajstić information content (AvgIpc) is 2.37. The Morgan fingerprint density at radius 3 is 2.42 bits per heavy atom. The van der Waals surface area contributed by atoms with E-state index < -0.39 is 0 Å². The summed E-state index contributed by atoms with van der Waals surface area (Å²) in [5.74, 6) is 5.61. The molecule has 0 aliphatic carbocycles. The van der Waals surface area contributed by atoms with Crippen LogP contribution in [0.5, 0.6) is 0 Å². The molecule has 0 saturated carbocycles. The lowest BCUT2D eigenvalue weighted by Crippen LogP contribution is -2.34. The van der Waals surface area contributed by atoms with Crippen LogP contribution in [0.2, 0.25) is 0 Å². The molecule has 4 nitrogen and oxygen atoms in total. The van der Waals surface area contributed by atoms with Gasteiger partial charge in [0, 0.05) is 13.1 Å². The van der Waals surface area contributed by atoms with Gasteiger partial charge in [-0.15, -0.1) is 0 Å². The summed E-state index contributed by atoms with van der Waals surface area (Å²) in [4.78, 5) is 14.5. The monoisotopic (exact) mass is 261 g/mol. The molecule has 1 saturated heterocycles. The van der Waals surface area contributed by atoms with Gasteiger partial charge in [0.2, 0.25) is 0 Å². The molecule has 0 atom stereocenters. The Hall–Kier alpha value is -1.55. The van der Waals surface area contributed by atoms with Gasteiger partial charge in [-0.05, 0) is 37.5 Å². The largest absolute Gasteiger partial charge is 0.339 e. The summed E-state index contributed by atoms with van der Waals surface area (Å²) >= 11 is 0. The summed E-state index contributed by atoms with van der Waals surface area (Å²) in [6.45, 7) is 3.71. The van der Waals surface area contributed by atoms with Crippen molar-refractivity contribution in [3.05, 3.63) is 29.3 Å². The van der Waals surface area contributed by atoms with E-state index in [1.54, 1.807) is 0 Å². The lowest BCUT2D eigenvalue weighted by Gasteiger charge is -2.25. The number of benzene rings is 1. The second-order valence-corrected chi connectivity index (χ2v) is 5.25. The molecule has 3 N–H and O–H groups in total. The molecule has 1 amide bonds. The maximum atomic E-state index is 12.6. The number of nitrogens with one attached hydrogen (secondary N) is 1. The third-order valence-electron chi connectivity index (χ3n) is 3.70. The lowest BCUT2D eigenvalue weighted by atomic mass is 10.1. The minimum Gasteiger partial charge on any atom is -0.339 e. The predicted molar refractivity (Wildman–Crippen MR) is 78.0 cm³/mol. The van der Waals surface area contributed by atoms with Gasteiger partial charge in [-0.1, -0.05) is 25.3 Å². The fourth-order valence-corrected chi connectivity index (χ4v) is 2.58. The first-order chi connectivity index (χ1) is 9.22. The summed E-state index contributed by atoms with van der Waals surface area (Å²) < 4.78 is 0. The zero-order chi connectivity index (χ0) is 13.7. The summed E-state index contributed by atoms with van der Waals surface area (Å²) in [6, 6.07) is 5.74. The Morgan fingerprint density at radius 1 is 1.16 bits per heavy atom. The summed E-state index contributed by atoms with van der Waals surface area (Å²) in [6.07, 6.45) is 5.94. The molecular weight excluding hydrogens is 238 g/mol. The molecule has 104 valence electrons. The van der Waals surface area contributed by atoms with E-state index in [0.29, 0.717) is 11.3 Å². The minimum absolute atomic E-state index is 0.0925. The Morgan fingerprint density at radius 2 is 1.79 bits per heavy atom. The van der Waals surface area contributed by atoms with Gasteiger partial charge in [0.1, 0.15) is 0 Å². The second-order valence-electron chi connectivity index (χ2n) is 5.25. The molecule has 0 radical (unpaired) electrons. The first kappa shape index (κ1) is 13.9. The third-order valence-corrected chi connectivity index (χ3v) is 3.70. The fourth-order valence-electron chi connectivity index (χ4n) is 2.58.